The lowest BCUT2D eigenvalue weighted by Gasteiger charge is -2.27. The Morgan fingerprint density at radius 3 is 3.21 bits per heavy atom. The topological polar surface area (TPSA) is 24.9 Å². The second kappa shape index (κ2) is 5.89. The lowest BCUT2D eigenvalue weighted by atomic mass is 9.93. The number of rotatable bonds is 3. The minimum absolute atomic E-state index is 0.349. The molecule has 0 aliphatic heterocycles. The van der Waals surface area contributed by atoms with E-state index < -0.39 is 0 Å². The van der Waals surface area contributed by atoms with Crippen LogP contribution in [0.15, 0.2) is 30.6 Å². The van der Waals surface area contributed by atoms with Gasteiger partial charge in [-0.25, -0.2) is 0 Å². The molecule has 2 nitrogen and oxygen atoms in total. The SMILES string of the molecule is C[C@@H](NC1CCCc2sc(I)cc21)c1cccnc1. The van der Waals surface area contributed by atoms with Crippen molar-refractivity contribution in [3.63, 3.8) is 0 Å². The summed E-state index contributed by atoms with van der Waals surface area (Å²) < 4.78 is 1.41. The van der Waals surface area contributed by atoms with E-state index in [1.54, 1.807) is 4.88 Å². The number of hydrogen-bond donors (Lipinski definition) is 1. The molecule has 19 heavy (non-hydrogen) atoms. The molecule has 0 radical (unpaired) electrons. The summed E-state index contributed by atoms with van der Waals surface area (Å²) in [6.07, 6.45) is 7.57. The number of aromatic nitrogens is 1. The highest BCUT2D eigenvalue weighted by molar-refractivity contribution is 14.1. The molecule has 2 aromatic heterocycles. The van der Waals surface area contributed by atoms with E-state index in [-0.39, 0.29) is 0 Å². The lowest BCUT2D eigenvalue weighted by molar-refractivity contribution is 0.418. The largest absolute Gasteiger partial charge is 0.303 e. The van der Waals surface area contributed by atoms with Crippen molar-refractivity contribution < 1.29 is 0 Å². The zero-order valence-electron chi connectivity index (χ0n) is 10.9. The van der Waals surface area contributed by atoms with E-state index in [0.29, 0.717) is 12.1 Å². The fraction of sp³-hybridized carbons (Fsp3) is 0.400. The predicted molar refractivity (Wildman–Crippen MR) is 88.5 cm³/mol. The van der Waals surface area contributed by atoms with Crippen molar-refractivity contribution in [1.29, 1.82) is 0 Å². The van der Waals surface area contributed by atoms with E-state index in [1.165, 1.54) is 33.3 Å². The number of nitrogens with one attached hydrogen (secondary N) is 1. The van der Waals surface area contributed by atoms with Gasteiger partial charge in [0.1, 0.15) is 0 Å². The van der Waals surface area contributed by atoms with Crippen LogP contribution in [-0.2, 0) is 6.42 Å². The Labute approximate surface area is 131 Å². The number of fused-ring (bicyclic) bond motifs is 1. The predicted octanol–water partition coefficient (Wildman–Crippen LogP) is 4.48. The van der Waals surface area contributed by atoms with Gasteiger partial charge in [-0.3, -0.25) is 4.98 Å². The van der Waals surface area contributed by atoms with E-state index in [0.717, 1.165) is 0 Å². The number of hydrogen-bond acceptors (Lipinski definition) is 3. The third kappa shape index (κ3) is 3.01. The Morgan fingerprint density at radius 1 is 1.53 bits per heavy atom. The standard InChI is InChI=1S/C15H17IN2S/c1-10(11-4-3-7-17-9-11)18-13-5-2-6-14-12(13)8-15(16)19-14/h3-4,7-10,13,18H,2,5-6H2,1H3/t10-,13?/m1/s1. The molecule has 0 aromatic carbocycles. The summed E-state index contributed by atoms with van der Waals surface area (Å²) in [4.78, 5) is 5.78. The molecular weight excluding hydrogens is 367 g/mol. The molecule has 0 bridgehead atoms. The molecule has 100 valence electrons. The third-order valence-electron chi connectivity index (χ3n) is 3.72. The first kappa shape index (κ1) is 13.5. The molecule has 0 saturated carbocycles. The second-order valence-electron chi connectivity index (χ2n) is 5.05. The molecule has 2 heterocycles. The van der Waals surface area contributed by atoms with Crippen LogP contribution in [0.4, 0.5) is 0 Å². The Hall–Kier alpha value is -0.460. The molecule has 0 fully saturated rings. The average molecular weight is 384 g/mol. The van der Waals surface area contributed by atoms with Gasteiger partial charge < -0.3 is 5.32 Å². The van der Waals surface area contributed by atoms with Crippen LogP contribution in [0.3, 0.4) is 0 Å². The quantitative estimate of drug-likeness (QED) is 0.790. The van der Waals surface area contributed by atoms with Crippen LogP contribution in [0.2, 0.25) is 0 Å². The molecule has 0 spiro atoms. The molecule has 4 heteroatoms. The highest BCUT2D eigenvalue weighted by Crippen LogP contribution is 2.37. The molecule has 2 aromatic rings. The maximum absolute atomic E-state index is 4.21. The van der Waals surface area contributed by atoms with Crippen LogP contribution in [0.5, 0.6) is 0 Å². The van der Waals surface area contributed by atoms with Crippen LogP contribution < -0.4 is 5.32 Å². The van der Waals surface area contributed by atoms with Crippen LogP contribution in [0.25, 0.3) is 0 Å². The smallest absolute Gasteiger partial charge is 0.0659 e. The highest BCUT2D eigenvalue weighted by Gasteiger charge is 2.24. The van der Waals surface area contributed by atoms with Gasteiger partial charge in [0.25, 0.3) is 0 Å². The number of aryl methyl sites for hydroxylation is 1. The molecule has 2 atom stereocenters. The molecule has 1 aliphatic rings. The van der Waals surface area contributed by atoms with Crippen molar-refractivity contribution in [2.75, 3.05) is 0 Å². The van der Waals surface area contributed by atoms with Crippen molar-refractivity contribution >= 4 is 33.9 Å². The first-order chi connectivity index (χ1) is 9.24. The van der Waals surface area contributed by atoms with Gasteiger partial charge in [0.2, 0.25) is 0 Å². The Morgan fingerprint density at radius 2 is 2.42 bits per heavy atom. The van der Waals surface area contributed by atoms with Crippen molar-refractivity contribution in [2.45, 2.75) is 38.3 Å². The molecule has 0 amide bonds. The zero-order valence-corrected chi connectivity index (χ0v) is 13.9. The fourth-order valence-corrected chi connectivity index (χ4v) is 4.84. The summed E-state index contributed by atoms with van der Waals surface area (Å²) in [7, 11) is 0. The van der Waals surface area contributed by atoms with E-state index in [4.69, 9.17) is 0 Å². The summed E-state index contributed by atoms with van der Waals surface area (Å²) in [5.74, 6) is 0. The molecule has 1 aliphatic carbocycles. The normalized spacial score (nSPS) is 20.0. The minimum atomic E-state index is 0.349. The van der Waals surface area contributed by atoms with Gasteiger partial charge in [-0.15, -0.1) is 11.3 Å². The van der Waals surface area contributed by atoms with E-state index in [2.05, 4.69) is 51.9 Å². The molecular formula is C15H17IN2S. The molecule has 1 N–H and O–H groups in total. The van der Waals surface area contributed by atoms with E-state index >= 15 is 0 Å². The van der Waals surface area contributed by atoms with Crippen molar-refractivity contribution in [2.24, 2.45) is 0 Å². The first-order valence-corrected chi connectivity index (χ1v) is 8.57. The second-order valence-corrected chi connectivity index (χ2v) is 8.08. The summed E-state index contributed by atoms with van der Waals surface area (Å²) in [5.41, 5.74) is 2.79. The number of thiophene rings is 1. The Kier molecular flexibility index (Phi) is 4.19. The molecule has 3 rings (SSSR count). The van der Waals surface area contributed by atoms with Crippen LogP contribution in [0, 0.1) is 2.88 Å². The zero-order chi connectivity index (χ0) is 13.2. The van der Waals surface area contributed by atoms with Gasteiger partial charge >= 0.3 is 0 Å². The maximum atomic E-state index is 4.21. The monoisotopic (exact) mass is 384 g/mol. The van der Waals surface area contributed by atoms with Crippen molar-refractivity contribution in [1.82, 2.24) is 10.3 Å². The minimum Gasteiger partial charge on any atom is -0.303 e. The van der Waals surface area contributed by atoms with Gasteiger partial charge in [-0.05, 0) is 72.0 Å². The number of halogens is 1. The highest BCUT2D eigenvalue weighted by atomic mass is 127. The van der Waals surface area contributed by atoms with Gasteiger partial charge in [0.15, 0.2) is 0 Å². The van der Waals surface area contributed by atoms with E-state index in [9.17, 15) is 0 Å². The van der Waals surface area contributed by atoms with Crippen LogP contribution in [0.1, 0.15) is 47.9 Å². The summed E-state index contributed by atoms with van der Waals surface area (Å²) in [5, 5.41) is 3.77. The lowest BCUT2D eigenvalue weighted by Crippen LogP contribution is -2.27. The van der Waals surface area contributed by atoms with Crippen molar-refractivity contribution in [3.05, 3.63) is 49.5 Å². The average Bonchev–Trinajstić information content (AvgIpc) is 2.81. The van der Waals surface area contributed by atoms with Gasteiger partial charge in [-0.2, -0.15) is 0 Å². The first-order valence-electron chi connectivity index (χ1n) is 6.68. The van der Waals surface area contributed by atoms with Gasteiger partial charge in [0.05, 0.1) is 2.88 Å². The summed E-state index contributed by atoms with van der Waals surface area (Å²) in [6.45, 7) is 2.22. The number of nitrogens with zero attached hydrogens (tertiary/aromatic N) is 1. The third-order valence-corrected chi connectivity index (χ3v) is 5.69. The Balaban J connectivity index is 1.77. The van der Waals surface area contributed by atoms with E-state index in [1.807, 2.05) is 29.8 Å². The van der Waals surface area contributed by atoms with Gasteiger partial charge in [-0.1, -0.05) is 6.07 Å². The maximum Gasteiger partial charge on any atom is 0.0659 e. The molecule has 0 saturated heterocycles. The molecule has 1 unspecified atom stereocenters. The summed E-state index contributed by atoms with van der Waals surface area (Å²) in [6, 6.07) is 7.35. The van der Waals surface area contributed by atoms with Crippen LogP contribution in [-0.4, -0.2) is 4.98 Å². The van der Waals surface area contributed by atoms with Crippen molar-refractivity contribution in [3.8, 4) is 0 Å². The van der Waals surface area contributed by atoms with Crippen LogP contribution >= 0.6 is 33.9 Å². The summed E-state index contributed by atoms with van der Waals surface area (Å²) >= 11 is 4.39. The number of pyridine rings is 1. The Bertz CT molecular complexity index is 553. The van der Waals surface area contributed by atoms with Gasteiger partial charge in [0, 0.05) is 29.4 Å². The fourth-order valence-electron chi connectivity index (χ4n) is 2.72.